The zero-order valence-electron chi connectivity index (χ0n) is 9.60. The van der Waals surface area contributed by atoms with Crippen LogP contribution in [-0.2, 0) is 4.79 Å². The summed E-state index contributed by atoms with van der Waals surface area (Å²) in [5.74, 6) is 0.284. The Morgan fingerprint density at radius 3 is 2.94 bits per heavy atom. The Hall–Kier alpha value is -1.53. The van der Waals surface area contributed by atoms with Crippen molar-refractivity contribution in [3.63, 3.8) is 0 Å². The van der Waals surface area contributed by atoms with Gasteiger partial charge in [0, 0.05) is 0 Å². The molecule has 0 unspecified atom stereocenters. The summed E-state index contributed by atoms with van der Waals surface area (Å²) >= 11 is 6.12. The van der Waals surface area contributed by atoms with E-state index < -0.39 is 0 Å². The summed E-state index contributed by atoms with van der Waals surface area (Å²) in [4.78, 5) is 12.0. The Morgan fingerprint density at radius 2 is 2.33 bits per heavy atom. The van der Waals surface area contributed by atoms with Gasteiger partial charge in [0.1, 0.15) is 4.32 Å². The van der Waals surface area contributed by atoms with Gasteiger partial charge < -0.3 is 15.2 Å². The van der Waals surface area contributed by atoms with E-state index in [0.29, 0.717) is 21.6 Å². The zero-order valence-corrected chi connectivity index (χ0v) is 11.2. The highest BCUT2D eigenvalue weighted by Gasteiger charge is 2.21. The van der Waals surface area contributed by atoms with Crippen LogP contribution in [0.3, 0.4) is 0 Å². The lowest BCUT2D eigenvalue weighted by atomic mass is 10.2. The van der Waals surface area contributed by atoms with Crippen LogP contribution in [0.2, 0.25) is 0 Å². The second-order valence-electron chi connectivity index (χ2n) is 3.51. The molecule has 1 saturated heterocycles. The number of phenols is 1. The highest BCUT2D eigenvalue weighted by atomic mass is 32.2. The number of hydrogen-bond donors (Lipinski definition) is 2. The van der Waals surface area contributed by atoms with Gasteiger partial charge in [-0.3, -0.25) is 4.79 Å². The molecule has 0 spiro atoms. The van der Waals surface area contributed by atoms with E-state index in [0.717, 1.165) is 5.56 Å². The van der Waals surface area contributed by atoms with E-state index >= 15 is 0 Å². The third-order valence-corrected chi connectivity index (χ3v) is 3.39. The molecule has 1 heterocycles. The van der Waals surface area contributed by atoms with Crippen LogP contribution in [0, 0.1) is 0 Å². The van der Waals surface area contributed by atoms with E-state index in [9.17, 15) is 9.90 Å². The molecule has 1 aliphatic rings. The maximum Gasteiger partial charge on any atom is 0.263 e. The molecular weight excluding hydrogens is 270 g/mol. The minimum Gasteiger partial charge on any atom is -0.504 e. The lowest BCUT2D eigenvalue weighted by Gasteiger charge is -2.06. The first-order chi connectivity index (χ1) is 8.60. The molecule has 18 heavy (non-hydrogen) atoms. The van der Waals surface area contributed by atoms with Crippen molar-refractivity contribution >= 4 is 40.3 Å². The molecule has 0 radical (unpaired) electrons. The van der Waals surface area contributed by atoms with E-state index in [4.69, 9.17) is 17.0 Å². The van der Waals surface area contributed by atoms with E-state index in [2.05, 4.69) is 5.32 Å². The summed E-state index contributed by atoms with van der Waals surface area (Å²) in [6.07, 6.45) is 1.71. The maximum absolute atomic E-state index is 11.5. The molecule has 0 atom stereocenters. The van der Waals surface area contributed by atoms with Crippen LogP contribution in [0.1, 0.15) is 12.5 Å². The second-order valence-corrected chi connectivity index (χ2v) is 5.23. The van der Waals surface area contributed by atoms with Crippen LogP contribution in [-0.4, -0.2) is 21.9 Å². The largest absolute Gasteiger partial charge is 0.504 e. The lowest BCUT2D eigenvalue weighted by Crippen LogP contribution is -2.17. The number of aromatic hydroxyl groups is 1. The average molecular weight is 281 g/mol. The van der Waals surface area contributed by atoms with Gasteiger partial charge in [-0.15, -0.1) is 0 Å². The molecule has 1 aromatic carbocycles. The molecule has 1 aromatic rings. The van der Waals surface area contributed by atoms with E-state index in [1.807, 2.05) is 6.92 Å². The van der Waals surface area contributed by atoms with Crippen molar-refractivity contribution in [2.45, 2.75) is 6.92 Å². The number of phenolic OH excluding ortho intramolecular Hbond substituents is 1. The van der Waals surface area contributed by atoms with Crippen LogP contribution in [0.25, 0.3) is 6.08 Å². The number of thiocarbonyl (C=S) groups is 1. The number of ether oxygens (including phenoxy) is 1. The smallest absolute Gasteiger partial charge is 0.263 e. The number of amides is 1. The third-order valence-electron chi connectivity index (χ3n) is 2.22. The van der Waals surface area contributed by atoms with E-state index in [1.54, 1.807) is 18.2 Å². The topological polar surface area (TPSA) is 58.6 Å². The van der Waals surface area contributed by atoms with Crippen LogP contribution >= 0.6 is 24.0 Å². The fourth-order valence-electron chi connectivity index (χ4n) is 1.46. The van der Waals surface area contributed by atoms with Crippen molar-refractivity contribution in [1.29, 1.82) is 0 Å². The second kappa shape index (κ2) is 5.41. The predicted molar refractivity (Wildman–Crippen MR) is 75.6 cm³/mol. The number of carbonyl (C=O) groups excluding carboxylic acids is 1. The van der Waals surface area contributed by atoms with Gasteiger partial charge in [-0.1, -0.05) is 30.0 Å². The minimum absolute atomic E-state index is 0.0815. The number of benzene rings is 1. The zero-order chi connectivity index (χ0) is 13.1. The van der Waals surface area contributed by atoms with Crippen molar-refractivity contribution in [3.8, 4) is 11.5 Å². The maximum atomic E-state index is 11.5. The summed E-state index contributed by atoms with van der Waals surface area (Å²) in [5, 5.41) is 12.1. The fraction of sp³-hybridized carbons (Fsp3) is 0.167. The Labute approximate surface area is 114 Å². The summed E-state index contributed by atoms with van der Waals surface area (Å²) in [6, 6.07) is 4.92. The SMILES string of the molecule is CCOc1cc(/C=C2/SC(=S)NC2=O)ccc1O. The van der Waals surface area contributed by atoms with Gasteiger partial charge in [-0.25, -0.2) is 0 Å². The molecule has 6 heteroatoms. The average Bonchev–Trinajstić information content (AvgIpc) is 2.62. The molecule has 1 amide bonds. The van der Waals surface area contributed by atoms with Crippen molar-refractivity contribution in [2.24, 2.45) is 0 Å². The van der Waals surface area contributed by atoms with E-state index in [-0.39, 0.29) is 11.7 Å². The Kier molecular flexibility index (Phi) is 3.88. The lowest BCUT2D eigenvalue weighted by molar-refractivity contribution is -0.115. The summed E-state index contributed by atoms with van der Waals surface area (Å²) in [5.41, 5.74) is 0.776. The summed E-state index contributed by atoms with van der Waals surface area (Å²) < 4.78 is 5.73. The predicted octanol–water partition coefficient (Wildman–Crippen LogP) is 2.28. The number of hydrogen-bond acceptors (Lipinski definition) is 5. The fourth-order valence-corrected chi connectivity index (χ4v) is 2.51. The summed E-state index contributed by atoms with van der Waals surface area (Å²) in [6.45, 7) is 2.30. The molecule has 1 fully saturated rings. The molecular formula is C12H11NO3S2. The van der Waals surface area contributed by atoms with Gasteiger partial charge in [-0.05, 0) is 30.7 Å². The third kappa shape index (κ3) is 2.83. The monoisotopic (exact) mass is 281 g/mol. The van der Waals surface area contributed by atoms with Crippen LogP contribution < -0.4 is 10.1 Å². The van der Waals surface area contributed by atoms with E-state index in [1.165, 1.54) is 17.8 Å². The molecule has 0 aromatic heterocycles. The molecule has 0 aliphatic carbocycles. The van der Waals surface area contributed by atoms with Crippen molar-refractivity contribution in [3.05, 3.63) is 28.7 Å². The number of nitrogens with one attached hydrogen (secondary N) is 1. The van der Waals surface area contributed by atoms with Gasteiger partial charge in [0.25, 0.3) is 5.91 Å². The molecule has 0 saturated carbocycles. The first-order valence-electron chi connectivity index (χ1n) is 5.31. The van der Waals surface area contributed by atoms with Gasteiger partial charge in [0.05, 0.1) is 11.5 Å². The molecule has 4 nitrogen and oxygen atoms in total. The molecule has 1 aliphatic heterocycles. The quantitative estimate of drug-likeness (QED) is 0.657. The number of carbonyl (C=O) groups is 1. The Morgan fingerprint density at radius 1 is 1.56 bits per heavy atom. The van der Waals surface area contributed by atoms with Gasteiger partial charge in [0.2, 0.25) is 0 Å². The summed E-state index contributed by atoms with van der Waals surface area (Å²) in [7, 11) is 0. The standard InChI is InChI=1S/C12H11NO3S2/c1-2-16-9-5-7(3-4-8(9)14)6-10-11(15)13-12(17)18-10/h3-6,14H,2H2,1H3,(H,13,15,17)/b10-6+. The normalized spacial score (nSPS) is 17.1. The first-order valence-corrected chi connectivity index (χ1v) is 6.53. The van der Waals surface area contributed by atoms with Gasteiger partial charge >= 0.3 is 0 Å². The Bertz CT molecular complexity index is 540. The highest BCUT2D eigenvalue weighted by Crippen LogP contribution is 2.30. The number of rotatable bonds is 3. The molecule has 0 bridgehead atoms. The van der Waals surface area contributed by atoms with Crippen LogP contribution in [0.5, 0.6) is 11.5 Å². The number of thioether (sulfide) groups is 1. The van der Waals surface area contributed by atoms with Gasteiger partial charge in [0.15, 0.2) is 11.5 Å². The van der Waals surface area contributed by atoms with Crippen molar-refractivity contribution in [2.75, 3.05) is 6.61 Å². The molecule has 2 rings (SSSR count). The van der Waals surface area contributed by atoms with Crippen molar-refractivity contribution in [1.82, 2.24) is 5.32 Å². The van der Waals surface area contributed by atoms with Gasteiger partial charge in [-0.2, -0.15) is 0 Å². The van der Waals surface area contributed by atoms with Crippen LogP contribution in [0.15, 0.2) is 23.1 Å². The van der Waals surface area contributed by atoms with Crippen LogP contribution in [0.4, 0.5) is 0 Å². The molecule has 94 valence electrons. The molecule has 2 N–H and O–H groups in total. The van der Waals surface area contributed by atoms with Crippen molar-refractivity contribution < 1.29 is 14.6 Å². The first kappa shape index (κ1) is 12.9. The Balaban J connectivity index is 2.29. The minimum atomic E-state index is -0.198. The highest BCUT2D eigenvalue weighted by molar-refractivity contribution is 8.26.